The van der Waals surface area contributed by atoms with E-state index in [0.29, 0.717) is 37.6 Å². The molecule has 0 aromatic heterocycles. The Morgan fingerprint density at radius 3 is 2.91 bits per heavy atom. The Morgan fingerprint density at radius 2 is 2.26 bits per heavy atom. The first-order chi connectivity index (χ1) is 11.0. The van der Waals surface area contributed by atoms with E-state index in [2.05, 4.69) is 4.74 Å². The summed E-state index contributed by atoms with van der Waals surface area (Å²) in [5, 5.41) is 11.4. The van der Waals surface area contributed by atoms with Crippen LogP contribution in [-0.2, 0) is 25.4 Å². The number of hydrogen-bond acceptors (Lipinski definition) is 7. The van der Waals surface area contributed by atoms with Crippen LogP contribution in [0.5, 0.6) is 0 Å². The fourth-order valence-electron chi connectivity index (χ4n) is 2.56. The predicted octanol–water partition coefficient (Wildman–Crippen LogP) is 1.16. The second kappa shape index (κ2) is 7.89. The van der Waals surface area contributed by atoms with Crippen molar-refractivity contribution in [2.24, 2.45) is 0 Å². The zero-order valence-corrected chi connectivity index (χ0v) is 13.2. The Bertz CT molecular complexity index is 575. The van der Waals surface area contributed by atoms with Crippen molar-refractivity contribution in [1.29, 1.82) is 0 Å². The Morgan fingerprint density at radius 1 is 1.48 bits per heavy atom. The average molecular weight is 324 g/mol. The summed E-state index contributed by atoms with van der Waals surface area (Å²) in [6.07, 6.45) is -0.115. The number of nitrogens with zero attached hydrogens (tertiary/aromatic N) is 2. The third-order valence-corrected chi connectivity index (χ3v) is 3.64. The molecule has 1 aliphatic heterocycles. The number of benzene rings is 1. The summed E-state index contributed by atoms with van der Waals surface area (Å²) in [4.78, 5) is 24.2. The van der Waals surface area contributed by atoms with E-state index in [9.17, 15) is 14.9 Å². The van der Waals surface area contributed by atoms with E-state index < -0.39 is 10.9 Å². The number of anilines is 1. The molecule has 1 fully saturated rings. The maximum atomic E-state index is 11.4. The number of hydrogen-bond donors (Lipinski definition) is 0. The van der Waals surface area contributed by atoms with Crippen molar-refractivity contribution in [3.63, 3.8) is 0 Å². The molecule has 8 heteroatoms. The van der Waals surface area contributed by atoms with Crippen molar-refractivity contribution < 1.29 is 23.9 Å². The van der Waals surface area contributed by atoms with E-state index in [1.807, 2.05) is 4.90 Å². The Kier molecular flexibility index (Phi) is 5.89. The van der Waals surface area contributed by atoms with Crippen LogP contribution in [0.4, 0.5) is 11.4 Å². The van der Waals surface area contributed by atoms with Crippen LogP contribution in [0.1, 0.15) is 5.56 Å². The number of nitro groups is 1. The van der Waals surface area contributed by atoms with Crippen LogP contribution in [0.3, 0.4) is 0 Å². The molecule has 1 aromatic carbocycles. The Balaban J connectivity index is 2.23. The van der Waals surface area contributed by atoms with Gasteiger partial charge in [-0.1, -0.05) is 6.07 Å². The van der Waals surface area contributed by atoms with Crippen LogP contribution in [0, 0.1) is 10.1 Å². The van der Waals surface area contributed by atoms with E-state index in [1.165, 1.54) is 13.2 Å². The summed E-state index contributed by atoms with van der Waals surface area (Å²) < 4.78 is 15.2. The van der Waals surface area contributed by atoms with Gasteiger partial charge in [0.25, 0.3) is 5.69 Å². The van der Waals surface area contributed by atoms with Crippen molar-refractivity contribution >= 4 is 17.3 Å². The van der Waals surface area contributed by atoms with Gasteiger partial charge in [-0.2, -0.15) is 0 Å². The predicted molar refractivity (Wildman–Crippen MR) is 82.6 cm³/mol. The number of ether oxygens (including phenoxy) is 3. The fourth-order valence-corrected chi connectivity index (χ4v) is 2.56. The third-order valence-electron chi connectivity index (χ3n) is 3.64. The SMILES string of the molecule is COC[C@H]1CN(c2ccc(CC(=O)OC)cc2[N+](=O)[O-])CCO1. The quantitative estimate of drug-likeness (QED) is 0.440. The summed E-state index contributed by atoms with van der Waals surface area (Å²) in [6, 6.07) is 4.80. The standard InChI is InChI=1S/C15H20N2O6/c1-21-10-12-9-16(5-6-23-12)13-4-3-11(8-15(18)22-2)7-14(13)17(19)20/h3-4,7,12H,5-6,8-10H2,1-2H3/t12-/m1/s1. The van der Waals surface area contributed by atoms with Crippen LogP contribution in [0.25, 0.3) is 0 Å². The zero-order chi connectivity index (χ0) is 16.8. The number of nitro benzene ring substituents is 1. The molecule has 1 atom stereocenters. The molecule has 1 saturated heterocycles. The monoisotopic (exact) mass is 324 g/mol. The first-order valence-corrected chi connectivity index (χ1v) is 7.24. The third kappa shape index (κ3) is 4.40. The van der Waals surface area contributed by atoms with Crippen LogP contribution < -0.4 is 4.90 Å². The van der Waals surface area contributed by atoms with Crippen molar-refractivity contribution in [3.05, 3.63) is 33.9 Å². The van der Waals surface area contributed by atoms with Gasteiger partial charge in [-0.05, 0) is 11.6 Å². The topological polar surface area (TPSA) is 91.1 Å². The van der Waals surface area contributed by atoms with Crippen molar-refractivity contribution in [3.8, 4) is 0 Å². The molecule has 8 nitrogen and oxygen atoms in total. The highest BCUT2D eigenvalue weighted by Crippen LogP contribution is 2.30. The first-order valence-electron chi connectivity index (χ1n) is 7.24. The summed E-state index contributed by atoms with van der Waals surface area (Å²) in [5.41, 5.74) is 1.05. The zero-order valence-electron chi connectivity index (χ0n) is 13.2. The second-order valence-electron chi connectivity index (χ2n) is 5.23. The fraction of sp³-hybridized carbons (Fsp3) is 0.533. The molecular weight excluding hydrogens is 304 g/mol. The molecule has 126 valence electrons. The van der Waals surface area contributed by atoms with Gasteiger partial charge in [0.1, 0.15) is 5.69 Å². The minimum absolute atomic E-state index is 0.00698. The number of morpholine rings is 1. The molecule has 0 unspecified atom stereocenters. The van der Waals surface area contributed by atoms with E-state index in [1.54, 1.807) is 19.2 Å². The van der Waals surface area contributed by atoms with E-state index >= 15 is 0 Å². The lowest BCUT2D eigenvalue weighted by molar-refractivity contribution is -0.384. The Hall–Kier alpha value is -2.19. The van der Waals surface area contributed by atoms with Crippen LogP contribution >= 0.6 is 0 Å². The molecule has 0 bridgehead atoms. The molecule has 2 rings (SSSR count). The van der Waals surface area contributed by atoms with Crippen LogP contribution in [0.15, 0.2) is 18.2 Å². The molecule has 1 heterocycles. The molecule has 0 spiro atoms. The van der Waals surface area contributed by atoms with Gasteiger partial charge in [0.2, 0.25) is 0 Å². The first kappa shape index (κ1) is 17.2. The molecule has 0 saturated carbocycles. The lowest BCUT2D eigenvalue weighted by atomic mass is 10.1. The van der Waals surface area contributed by atoms with Crippen molar-refractivity contribution in [1.82, 2.24) is 0 Å². The van der Waals surface area contributed by atoms with Gasteiger partial charge < -0.3 is 19.1 Å². The second-order valence-corrected chi connectivity index (χ2v) is 5.23. The van der Waals surface area contributed by atoms with Gasteiger partial charge in [0, 0.05) is 26.3 Å². The highest BCUT2D eigenvalue weighted by atomic mass is 16.6. The van der Waals surface area contributed by atoms with Gasteiger partial charge in [-0.3, -0.25) is 14.9 Å². The highest BCUT2D eigenvalue weighted by molar-refractivity contribution is 5.74. The van der Waals surface area contributed by atoms with E-state index in [-0.39, 0.29) is 18.2 Å². The molecule has 0 aliphatic carbocycles. The summed E-state index contributed by atoms with van der Waals surface area (Å²) >= 11 is 0. The molecular formula is C15H20N2O6. The molecule has 0 radical (unpaired) electrons. The van der Waals surface area contributed by atoms with Gasteiger partial charge in [0.05, 0.1) is 37.8 Å². The Labute approximate surface area is 134 Å². The van der Waals surface area contributed by atoms with E-state index in [0.717, 1.165) is 0 Å². The number of rotatable bonds is 6. The van der Waals surface area contributed by atoms with Crippen LogP contribution in [0.2, 0.25) is 0 Å². The van der Waals surface area contributed by atoms with Gasteiger partial charge >= 0.3 is 5.97 Å². The molecule has 23 heavy (non-hydrogen) atoms. The van der Waals surface area contributed by atoms with Gasteiger partial charge in [-0.25, -0.2) is 0 Å². The van der Waals surface area contributed by atoms with Crippen molar-refractivity contribution in [2.75, 3.05) is 45.4 Å². The molecule has 1 aliphatic rings. The molecule has 0 amide bonds. The van der Waals surface area contributed by atoms with Crippen molar-refractivity contribution in [2.45, 2.75) is 12.5 Å². The van der Waals surface area contributed by atoms with Gasteiger partial charge in [-0.15, -0.1) is 0 Å². The highest BCUT2D eigenvalue weighted by Gasteiger charge is 2.26. The van der Waals surface area contributed by atoms with Gasteiger partial charge in [0.15, 0.2) is 0 Å². The van der Waals surface area contributed by atoms with E-state index in [4.69, 9.17) is 9.47 Å². The molecule has 1 aromatic rings. The van der Waals surface area contributed by atoms with Crippen LogP contribution in [-0.4, -0.2) is 57.5 Å². The maximum Gasteiger partial charge on any atom is 0.309 e. The minimum Gasteiger partial charge on any atom is -0.469 e. The average Bonchev–Trinajstić information content (AvgIpc) is 2.55. The summed E-state index contributed by atoms with van der Waals surface area (Å²) in [7, 11) is 2.88. The lowest BCUT2D eigenvalue weighted by Gasteiger charge is -2.33. The minimum atomic E-state index is -0.434. The molecule has 0 N–H and O–H groups in total. The number of carbonyl (C=O) groups is 1. The summed E-state index contributed by atoms with van der Waals surface area (Å²) in [5.74, 6) is -0.432. The number of carbonyl (C=O) groups excluding carboxylic acids is 1. The largest absolute Gasteiger partial charge is 0.469 e. The lowest BCUT2D eigenvalue weighted by Crippen LogP contribution is -2.44. The normalized spacial score (nSPS) is 17.8. The summed E-state index contributed by atoms with van der Waals surface area (Å²) in [6.45, 7) is 2.00. The smallest absolute Gasteiger partial charge is 0.309 e. The number of methoxy groups -OCH3 is 2. The number of esters is 1. The maximum absolute atomic E-state index is 11.4.